The molecule has 268 valence electrons. The summed E-state index contributed by atoms with van der Waals surface area (Å²) in [5.74, 6) is 0.158. The number of anilines is 6. The van der Waals surface area contributed by atoms with Crippen molar-refractivity contribution in [3.8, 4) is 12.0 Å². The monoisotopic (exact) mass is 778 g/mol. The summed E-state index contributed by atoms with van der Waals surface area (Å²) in [7, 11) is -4.28. The second kappa shape index (κ2) is 19.7. The number of rotatable bonds is 16. The van der Waals surface area contributed by atoms with E-state index < -0.39 is 30.0 Å². The third-order valence-electron chi connectivity index (χ3n) is 6.65. The van der Waals surface area contributed by atoms with Crippen molar-refractivity contribution < 1.29 is 105 Å². The molecule has 4 rings (SSSR count). The van der Waals surface area contributed by atoms with Crippen molar-refractivity contribution in [3.63, 3.8) is 0 Å². The Morgan fingerprint density at radius 2 is 1.04 bits per heavy atom. The minimum Gasteiger partial charge on any atom is -0.744 e. The van der Waals surface area contributed by atoms with Crippen molar-refractivity contribution in [3.05, 3.63) is 47.5 Å². The van der Waals surface area contributed by atoms with E-state index in [-0.39, 0.29) is 144 Å². The van der Waals surface area contributed by atoms with Crippen molar-refractivity contribution in [2.75, 3.05) is 75.1 Å². The molecule has 0 atom stereocenters. The molecule has 0 fully saturated rings. The van der Waals surface area contributed by atoms with Gasteiger partial charge in [0.1, 0.15) is 20.2 Å². The first-order valence-electron chi connectivity index (χ1n) is 14.3. The van der Waals surface area contributed by atoms with Gasteiger partial charge in [0.05, 0.1) is 37.2 Å². The van der Waals surface area contributed by atoms with Gasteiger partial charge >= 0.3 is 71.1 Å². The molecule has 52 heavy (non-hydrogen) atoms. The van der Waals surface area contributed by atoms with Gasteiger partial charge < -0.3 is 49.2 Å². The summed E-state index contributed by atoms with van der Waals surface area (Å²) < 4.78 is 83.8. The number of aromatic nitrogens is 6. The van der Waals surface area contributed by atoms with Gasteiger partial charge in [0.25, 0.3) is 0 Å². The predicted molar refractivity (Wildman–Crippen MR) is 178 cm³/mol. The molecule has 2 heterocycles. The Morgan fingerprint density at radius 3 is 1.35 bits per heavy atom. The van der Waals surface area contributed by atoms with E-state index >= 15 is 0 Å². The zero-order valence-corrected chi connectivity index (χ0v) is 34.6. The Balaban J connectivity index is 0.00000468. The van der Waals surface area contributed by atoms with Crippen LogP contribution in [0.1, 0.15) is 11.1 Å². The van der Waals surface area contributed by atoms with Gasteiger partial charge in [-0.25, -0.2) is 16.8 Å². The predicted octanol–water partition coefficient (Wildman–Crippen LogP) is -5.60. The molecule has 4 aromatic rings. The number of ether oxygens (including phenoxy) is 2. The number of hydrogen-bond donors (Lipinski definition) is 4. The number of nitrogens with zero attached hydrogens (tertiary/aromatic N) is 8. The summed E-state index contributed by atoms with van der Waals surface area (Å²) in [5.41, 5.74) is -0.0372. The second-order valence-electron chi connectivity index (χ2n) is 10.2. The van der Waals surface area contributed by atoms with Crippen molar-refractivity contribution in [2.24, 2.45) is 0 Å². The van der Waals surface area contributed by atoms with Gasteiger partial charge in [-0.05, 0) is 35.4 Å². The molecule has 20 nitrogen and oxygen atoms in total. The second-order valence-corrected chi connectivity index (χ2v) is 12.9. The molecule has 24 heteroatoms. The van der Waals surface area contributed by atoms with E-state index in [1.165, 1.54) is 60.4 Å². The molecule has 0 saturated carbocycles. The Bertz CT molecular complexity index is 1950. The number of methoxy groups -OCH3 is 2. The van der Waals surface area contributed by atoms with Gasteiger partial charge in [-0.2, -0.15) is 29.9 Å². The van der Waals surface area contributed by atoms with Crippen LogP contribution in [0.5, 0.6) is 12.0 Å². The Labute approximate surface area is 343 Å². The molecule has 0 aliphatic rings. The van der Waals surface area contributed by atoms with Gasteiger partial charge in [0.2, 0.25) is 23.8 Å². The fraction of sp³-hybridized carbons (Fsp3) is 0.286. The summed E-state index contributed by atoms with van der Waals surface area (Å²) in [4.78, 5) is 26.5. The average Bonchev–Trinajstić information content (AvgIpc) is 3.07. The Kier molecular flexibility index (Phi) is 17.0. The number of nitrogens with one attached hydrogen (secondary N) is 2. The fourth-order valence-corrected chi connectivity index (χ4v) is 5.59. The SMILES string of the molecule is COc1nc(Nc2ccc(C=Cc3ccc(Nc4nc(OC)nc(N(C)CCO)n4)cc3S(=O)(=O)[O-])c(S(=O)(=O)[O-])c2)nc(N(C)CCO)n1.[Na+].[Na+]. The maximum Gasteiger partial charge on any atom is 1.00 e. The molecule has 0 bridgehead atoms. The molecular weight excluding hydrogens is 746 g/mol. The third-order valence-corrected chi connectivity index (χ3v) is 8.43. The molecule has 0 unspecified atom stereocenters. The van der Waals surface area contributed by atoms with E-state index in [1.807, 2.05) is 0 Å². The van der Waals surface area contributed by atoms with Crippen molar-refractivity contribution in [2.45, 2.75) is 9.79 Å². The minimum atomic E-state index is -5.09. The molecule has 4 N–H and O–H groups in total. The van der Waals surface area contributed by atoms with Gasteiger partial charge in [0, 0.05) is 38.6 Å². The Hall–Kier alpha value is -3.26. The van der Waals surface area contributed by atoms with Crippen LogP contribution >= 0.6 is 0 Å². The quantitative estimate of drug-likeness (QED) is 0.0469. The molecule has 0 aliphatic heterocycles. The van der Waals surface area contributed by atoms with Crippen LogP contribution < -0.4 is 89.0 Å². The van der Waals surface area contributed by atoms with Gasteiger partial charge in [-0.3, -0.25) is 0 Å². The van der Waals surface area contributed by atoms with E-state index in [9.17, 15) is 36.2 Å². The molecule has 0 amide bonds. The van der Waals surface area contributed by atoms with E-state index in [0.717, 1.165) is 12.1 Å². The molecular formula is C28H32N10Na2O10S2. The van der Waals surface area contributed by atoms with Crippen LogP contribution in [-0.4, -0.2) is 121 Å². The largest absolute Gasteiger partial charge is 1.00 e. The number of aliphatic hydroxyl groups excluding tert-OH is 2. The van der Waals surface area contributed by atoms with Crippen LogP contribution in [0.3, 0.4) is 0 Å². The summed E-state index contributed by atoms with van der Waals surface area (Å²) in [5, 5.41) is 24.0. The smallest absolute Gasteiger partial charge is 0.744 e. The number of aliphatic hydroxyl groups is 2. The van der Waals surface area contributed by atoms with Crippen LogP contribution in [-0.2, 0) is 20.2 Å². The molecule has 0 spiro atoms. The van der Waals surface area contributed by atoms with E-state index in [1.54, 1.807) is 14.1 Å². The maximum absolute atomic E-state index is 12.3. The van der Waals surface area contributed by atoms with Gasteiger partial charge in [-0.15, -0.1) is 0 Å². The van der Waals surface area contributed by atoms with E-state index in [4.69, 9.17) is 9.47 Å². The summed E-state index contributed by atoms with van der Waals surface area (Å²) >= 11 is 0. The molecule has 2 aromatic heterocycles. The Morgan fingerprint density at radius 1 is 0.673 bits per heavy atom. The van der Waals surface area contributed by atoms with Crippen LogP contribution in [0.15, 0.2) is 46.2 Å². The van der Waals surface area contributed by atoms with E-state index in [2.05, 4.69) is 40.5 Å². The average molecular weight is 779 g/mol. The first kappa shape index (κ1) is 44.9. The minimum absolute atomic E-state index is 0. The normalized spacial score (nSPS) is 11.3. The molecule has 0 aliphatic carbocycles. The van der Waals surface area contributed by atoms with Gasteiger partial charge in [0.15, 0.2) is 0 Å². The molecule has 0 radical (unpaired) electrons. The summed E-state index contributed by atoms with van der Waals surface area (Å²) in [6.45, 7) is 0.0237. The summed E-state index contributed by atoms with van der Waals surface area (Å²) in [6, 6.07) is 7.29. The third kappa shape index (κ3) is 12.1. The standard InChI is InChI=1S/C28H34N10O10S2.2Na/c1-37(11-13-39)25-31-23(33-27(35-25)47-3)29-19-9-7-17(21(15-19)49(41,42)43)5-6-18-8-10-20(16-22(18)50(44,45)46)30-24-32-26(38(2)12-14-40)36-28(34-24)48-4;;/h5-10,15-16,39-40H,11-14H2,1-4H3,(H,41,42,43)(H,44,45,46)(H,29,31,33,35)(H,30,32,34,36);;/q;2*+1/p-2. The van der Waals surface area contributed by atoms with Crippen molar-refractivity contribution >= 4 is 67.6 Å². The van der Waals surface area contributed by atoms with Crippen molar-refractivity contribution in [1.82, 2.24) is 29.9 Å². The maximum atomic E-state index is 12.3. The van der Waals surface area contributed by atoms with E-state index in [0.29, 0.717) is 0 Å². The molecule has 0 saturated heterocycles. The number of likely N-dealkylation sites (N-methyl/N-ethyl adjacent to an activating group) is 2. The molecule has 2 aromatic carbocycles. The van der Waals surface area contributed by atoms with Crippen LogP contribution in [0.4, 0.5) is 35.2 Å². The number of hydrogen-bond acceptors (Lipinski definition) is 20. The van der Waals surface area contributed by atoms with Crippen molar-refractivity contribution in [1.29, 1.82) is 0 Å². The first-order chi connectivity index (χ1) is 23.6. The summed E-state index contributed by atoms with van der Waals surface area (Å²) in [6.07, 6.45) is 2.33. The van der Waals surface area contributed by atoms with Crippen LogP contribution in [0, 0.1) is 0 Å². The van der Waals surface area contributed by atoms with Gasteiger partial charge in [-0.1, -0.05) is 24.3 Å². The topological polar surface area (TPSA) is 281 Å². The van der Waals surface area contributed by atoms with Crippen LogP contribution in [0.25, 0.3) is 12.2 Å². The van der Waals surface area contributed by atoms with Crippen LogP contribution in [0.2, 0.25) is 0 Å². The zero-order valence-electron chi connectivity index (χ0n) is 29.0. The fourth-order valence-electron chi connectivity index (χ4n) is 4.20. The zero-order chi connectivity index (χ0) is 36.6. The first-order valence-corrected chi connectivity index (χ1v) is 17.1. The number of benzene rings is 2.